The SMILES string of the molecule is C=C(/N=C(\C(N)=N/C)c1ccc(C(=O)N[C@H](CO)c2cccc(Cl)c2)c(F)c1)[C@H]1CC[C@H](NC(=O)COC)CC1. The molecule has 0 aromatic heterocycles. The van der Waals surface area contributed by atoms with Gasteiger partial charge in [0.15, 0.2) is 0 Å². The number of carbonyl (C=O) groups excluding carboxylic acids is 2. The monoisotopic (exact) mass is 571 g/mol. The number of carbonyl (C=O) groups is 2. The van der Waals surface area contributed by atoms with E-state index in [0.29, 0.717) is 21.8 Å². The Morgan fingerprint density at radius 3 is 2.55 bits per heavy atom. The molecule has 1 aliphatic rings. The van der Waals surface area contributed by atoms with Gasteiger partial charge in [0.05, 0.1) is 18.2 Å². The van der Waals surface area contributed by atoms with Crippen molar-refractivity contribution in [1.82, 2.24) is 10.6 Å². The highest BCUT2D eigenvalue weighted by Gasteiger charge is 2.25. The molecule has 0 saturated heterocycles. The van der Waals surface area contributed by atoms with Gasteiger partial charge in [0, 0.05) is 42.4 Å². The number of rotatable bonds is 11. The Labute approximate surface area is 238 Å². The van der Waals surface area contributed by atoms with E-state index in [0.717, 1.165) is 25.7 Å². The number of nitrogens with zero attached hydrogens (tertiary/aromatic N) is 2. The van der Waals surface area contributed by atoms with Gasteiger partial charge in [-0.1, -0.05) is 36.4 Å². The van der Waals surface area contributed by atoms with Crippen LogP contribution in [0.3, 0.4) is 0 Å². The lowest BCUT2D eigenvalue weighted by Gasteiger charge is -2.29. The summed E-state index contributed by atoms with van der Waals surface area (Å²) in [6.07, 6.45) is 3.07. The molecule has 0 heterocycles. The van der Waals surface area contributed by atoms with Crippen LogP contribution in [0.2, 0.25) is 5.02 Å². The number of aliphatic hydroxyl groups excluding tert-OH is 1. The van der Waals surface area contributed by atoms with Gasteiger partial charge in [-0.05, 0) is 55.5 Å². The van der Waals surface area contributed by atoms with Gasteiger partial charge >= 0.3 is 0 Å². The minimum atomic E-state index is -0.785. The summed E-state index contributed by atoms with van der Waals surface area (Å²) in [6.45, 7) is 3.76. The molecule has 0 aliphatic heterocycles. The van der Waals surface area contributed by atoms with E-state index in [4.69, 9.17) is 22.1 Å². The number of methoxy groups -OCH3 is 1. The molecule has 9 nitrogen and oxygen atoms in total. The summed E-state index contributed by atoms with van der Waals surface area (Å²) in [6, 6.07) is 10.0. The molecule has 40 heavy (non-hydrogen) atoms. The number of ether oxygens (including phenoxy) is 1. The first kappa shape index (κ1) is 30.9. The van der Waals surface area contributed by atoms with Crippen molar-refractivity contribution in [1.29, 1.82) is 0 Å². The van der Waals surface area contributed by atoms with Gasteiger partial charge in [-0.3, -0.25) is 14.6 Å². The van der Waals surface area contributed by atoms with Gasteiger partial charge in [0.1, 0.15) is 24.0 Å². The molecule has 1 fully saturated rings. The fourth-order valence-corrected chi connectivity index (χ4v) is 4.82. The highest BCUT2D eigenvalue weighted by atomic mass is 35.5. The number of nitrogens with two attached hydrogens (primary N) is 1. The third-order valence-electron chi connectivity index (χ3n) is 6.80. The second kappa shape index (κ2) is 14.7. The van der Waals surface area contributed by atoms with E-state index in [1.165, 1.54) is 32.4 Å². The molecule has 214 valence electrons. The maximum atomic E-state index is 15.2. The molecule has 3 rings (SSSR count). The molecule has 0 unspecified atom stereocenters. The molecule has 11 heteroatoms. The van der Waals surface area contributed by atoms with Crippen LogP contribution in [0.1, 0.15) is 53.2 Å². The maximum absolute atomic E-state index is 15.2. The smallest absolute Gasteiger partial charge is 0.254 e. The fourth-order valence-electron chi connectivity index (χ4n) is 4.62. The average molecular weight is 572 g/mol. The highest BCUT2D eigenvalue weighted by molar-refractivity contribution is 6.47. The van der Waals surface area contributed by atoms with Crippen molar-refractivity contribution in [3.63, 3.8) is 0 Å². The molecule has 0 spiro atoms. The lowest BCUT2D eigenvalue weighted by atomic mass is 9.84. The number of amides is 2. The zero-order chi connectivity index (χ0) is 29.2. The lowest BCUT2D eigenvalue weighted by Crippen LogP contribution is -2.39. The Hall–Kier alpha value is -3.60. The van der Waals surface area contributed by atoms with Gasteiger partial charge in [0.2, 0.25) is 5.91 Å². The predicted molar refractivity (Wildman–Crippen MR) is 154 cm³/mol. The van der Waals surface area contributed by atoms with Crippen LogP contribution in [-0.2, 0) is 9.53 Å². The van der Waals surface area contributed by atoms with Crippen LogP contribution in [0.4, 0.5) is 4.39 Å². The highest BCUT2D eigenvalue weighted by Crippen LogP contribution is 2.30. The Kier molecular flexibility index (Phi) is 11.4. The zero-order valence-corrected chi connectivity index (χ0v) is 23.4. The minimum Gasteiger partial charge on any atom is -0.394 e. The van der Waals surface area contributed by atoms with E-state index in [2.05, 4.69) is 27.2 Å². The van der Waals surface area contributed by atoms with Crippen LogP contribution in [0.25, 0.3) is 0 Å². The van der Waals surface area contributed by atoms with Gasteiger partial charge in [-0.15, -0.1) is 0 Å². The van der Waals surface area contributed by atoms with Crippen LogP contribution in [-0.4, -0.2) is 61.9 Å². The average Bonchev–Trinajstić information content (AvgIpc) is 2.94. The number of hydrogen-bond acceptors (Lipinski definition) is 6. The summed E-state index contributed by atoms with van der Waals surface area (Å²) in [5.41, 5.74) is 7.68. The number of nitrogens with one attached hydrogen (secondary N) is 2. The number of aliphatic hydroxyl groups is 1. The van der Waals surface area contributed by atoms with Crippen LogP contribution < -0.4 is 16.4 Å². The predicted octanol–water partition coefficient (Wildman–Crippen LogP) is 3.55. The number of amidine groups is 1. The number of allylic oxidation sites excluding steroid dienone is 1. The minimum absolute atomic E-state index is 0.0246. The van der Waals surface area contributed by atoms with Gasteiger partial charge in [-0.25, -0.2) is 9.38 Å². The summed E-state index contributed by atoms with van der Waals surface area (Å²) >= 11 is 6.02. The second-order valence-electron chi connectivity index (χ2n) is 9.57. The van der Waals surface area contributed by atoms with Gasteiger partial charge in [-0.2, -0.15) is 0 Å². The van der Waals surface area contributed by atoms with Gasteiger partial charge in [0.25, 0.3) is 5.91 Å². The summed E-state index contributed by atoms with van der Waals surface area (Å²) in [7, 11) is 2.98. The number of benzene rings is 2. The van der Waals surface area contributed by atoms with E-state index in [1.54, 1.807) is 24.3 Å². The quantitative estimate of drug-likeness (QED) is 0.241. The molecule has 0 radical (unpaired) electrons. The summed E-state index contributed by atoms with van der Waals surface area (Å²) < 4.78 is 20.1. The Morgan fingerprint density at radius 2 is 1.95 bits per heavy atom. The Balaban J connectivity index is 1.74. The third kappa shape index (κ3) is 8.20. The molecule has 2 aromatic rings. The van der Waals surface area contributed by atoms with Gasteiger partial charge < -0.3 is 26.2 Å². The van der Waals surface area contributed by atoms with E-state index in [9.17, 15) is 14.7 Å². The van der Waals surface area contributed by atoms with Crippen LogP contribution >= 0.6 is 11.6 Å². The molecule has 1 saturated carbocycles. The number of hydrogen-bond donors (Lipinski definition) is 4. The topological polar surface area (TPSA) is 138 Å². The zero-order valence-electron chi connectivity index (χ0n) is 22.6. The standard InChI is InChI=1S/C29H35ClFN5O4/c1-17(18-7-10-22(11-8-18)35-26(38)16-40-3)34-27(28(32)33-2)20-9-12-23(24(31)14-20)29(39)36-25(15-37)19-5-4-6-21(30)13-19/h4-6,9,12-14,18,22,25,37H,1,7-8,10-11,15-16H2,2-3H3,(H2,32,33)(H,35,38)(H,36,39)/b34-27-/t18-,22-,25-/m1/s1. The molecule has 2 aromatic carbocycles. The van der Waals surface area contributed by atoms with Crippen LogP contribution in [0.5, 0.6) is 0 Å². The van der Waals surface area contributed by atoms with Crippen LogP contribution in [0, 0.1) is 11.7 Å². The van der Waals surface area contributed by atoms with Crippen molar-refractivity contribution >= 4 is 35.0 Å². The van der Waals surface area contributed by atoms with Crippen molar-refractivity contribution in [2.75, 3.05) is 27.4 Å². The molecule has 5 N–H and O–H groups in total. The first-order valence-electron chi connectivity index (χ1n) is 12.9. The van der Waals surface area contributed by atoms with Crippen molar-refractivity contribution in [2.24, 2.45) is 21.6 Å². The maximum Gasteiger partial charge on any atom is 0.254 e. The van der Waals surface area contributed by atoms with Crippen molar-refractivity contribution < 1.29 is 23.8 Å². The first-order valence-corrected chi connectivity index (χ1v) is 13.3. The van der Waals surface area contributed by atoms with E-state index < -0.39 is 24.4 Å². The number of aliphatic imine (C=N–C) groups is 2. The lowest BCUT2D eigenvalue weighted by molar-refractivity contribution is -0.125. The summed E-state index contributed by atoms with van der Waals surface area (Å²) in [5.74, 6) is -1.47. The van der Waals surface area contributed by atoms with Crippen molar-refractivity contribution in [3.05, 3.63) is 82.3 Å². The Morgan fingerprint density at radius 1 is 1.23 bits per heavy atom. The van der Waals surface area contributed by atoms with E-state index >= 15 is 4.39 Å². The Bertz CT molecular complexity index is 1290. The first-order chi connectivity index (χ1) is 19.2. The molecule has 0 bridgehead atoms. The van der Waals surface area contributed by atoms with Crippen molar-refractivity contribution in [2.45, 2.75) is 37.8 Å². The normalized spacial score (nSPS) is 18.6. The molecule has 1 aliphatic carbocycles. The largest absolute Gasteiger partial charge is 0.394 e. The second-order valence-corrected chi connectivity index (χ2v) is 10.0. The number of halogens is 2. The van der Waals surface area contributed by atoms with E-state index in [1.807, 2.05) is 0 Å². The molecular weight excluding hydrogens is 537 g/mol. The molecule has 1 atom stereocenters. The van der Waals surface area contributed by atoms with E-state index in [-0.39, 0.29) is 41.6 Å². The fraction of sp³-hybridized carbons (Fsp3) is 0.379. The van der Waals surface area contributed by atoms with Crippen molar-refractivity contribution in [3.8, 4) is 0 Å². The van der Waals surface area contributed by atoms with Crippen LogP contribution in [0.15, 0.2) is 64.7 Å². The molecule has 2 amide bonds. The summed E-state index contributed by atoms with van der Waals surface area (Å²) in [5, 5.41) is 15.8. The molecular formula is C29H35ClFN5O4. The third-order valence-corrected chi connectivity index (χ3v) is 7.04. The summed E-state index contributed by atoms with van der Waals surface area (Å²) in [4.78, 5) is 33.3.